The summed E-state index contributed by atoms with van der Waals surface area (Å²) >= 11 is 1.71. The highest BCUT2D eigenvalue weighted by Crippen LogP contribution is 1.91. The van der Waals surface area contributed by atoms with Gasteiger partial charge in [-0.3, -0.25) is 4.98 Å². The first-order chi connectivity index (χ1) is 14.0. The molecule has 174 valence electrons. The second-order valence-electron chi connectivity index (χ2n) is 4.82. The van der Waals surface area contributed by atoms with Crippen LogP contribution in [0.1, 0.15) is 29.7 Å². The fourth-order valence-electron chi connectivity index (χ4n) is 1.48. The van der Waals surface area contributed by atoms with E-state index in [1.54, 1.807) is 36.0 Å². The van der Waals surface area contributed by atoms with Crippen LogP contribution >= 0.6 is 11.3 Å². The molecule has 5 rings (SSSR count). The lowest BCUT2D eigenvalue weighted by Gasteiger charge is -1.70. The Morgan fingerprint density at radius 1 is 0.406 bits per heavy atom. The zero-order valence-corrected chi connectivity index (χ0v) is 16.4. The van der Waals surface area contributed by atoms with E-state index in [0.717, 1.165) is 0 Å². The monoisotopic (exact) mass is 452 g/mol. The largest absolute Gasteiger partial charge is 0.365 e. The molecule has 0 saturated heterocycles. The maximum atomic E-state index is 4.33. The van der Waals surface area contributed by atoms with Gasteiger partial charge in [0.1, 0.15) is 6.26 Å². The zero-order chi connectivity index (χ0) is 19.8. The number of hydrogen-bond donors (Lipinski definition) is 0. The Kier molecular flexibility index (Phi) is 36.1. The summed E-state index contributed by atoms with van der Waals surface area (Å²) in [4.78, 5) is 3.78. The van der Waals surface area contributed by atoms with Crippen molar-refractivity contribution in [2.75, 3.05) is 0 Å². The standard InChI is InChI=1S/2C6H6.C5H5N.C4H4S.C3H3NO.4CH4/c3*1-2-4-6-5-3-1;2*1-2-4-5-3-1;;;;/h2*1-6H;1-5H;1-4H;1-3H;4*1H4. The third-order valence-electron chi connectivity index (χ3n) is 2.67. The molecular formula is C28H40N2OS. The van der Waals surface area contributed by atoms with Crippen LogP contribution in [0.2, 0.25) is 0 Å². The first-order valence-electron chi connectivity index (χ1n) is 8.66. The first kappa shape index (κ1) is 35.9. The van der Waals surface area contributed by atoms with Gasteiger partial charge in [0.25, 0.3) is 0 Å². The molecule has 2 aromatic carbocycles. The lowest BCUT2D eigenvalue weighted by molar-refractivity contribution is 0.420. The molecule has 0 atom stereocenters. The van der Waals surface area contributed by atoms with Crippen molar-refractivity contribution in [2.45, 2.75) is 29.7 Å². The van der Waals surface area contributed by atoms with E-state index in [2.05, 4.69) is 14.7 Å². The normalized spacial score (nSPS) is 7.00. The Bertz CT molecular complexity index is 592. The highest BCUT2D eigenvalue weighted by atomic mass is 32.1. The predicted octanol–water partition coefficient (Wildman–Crippen LogP) is 9.42. The topological polar surface area (TPSA) is 38.9 Å². The molecule has 4 heteroatoms. The molecule has 3 nitrogen and oxygen atoms in total. The minimum Gasteiger partial charge on any atom is -0.365 e. The quantitative estimate of drug-likeness (QED) is 0.235. The van der Waals surface area contributed by atoms with Crippen LogP contribution in [0.3, 0.4) is 0 Å². The molecule has 5 aromatic rings. The van der Waals surface area contributed by atoms with Crippen LogP contribution in [0.25, 0.3) is 0 Å². The number of aromatic nitrogens is 2. The number of hydrogen-bond acceptors (Lipinski definition) is 4. The molecule has 0 spiro atoms. The van der Waals surface area contributed by atoms with Crippen molar-refractivity contribution in [3.8, 4) is 0 Å². The maximum absolute atomic E-state index is 4.33. The van der Waals surface area contributed by atoms with E-state index in [-0.39, 0.29) is 29.7 Å². The molecule has 0 radical (unpaired) electrons. The van der Waals surface area contributed by atoms with Crippen LogP contribution in [-0.4, -0.2) is 10.1 Å². The van der Waals surface area contributed by atoms with Crippen LogP contribution in [0, 0.1) is 0 Å². The van der Waals surface area contributed by atoms with Crippen molar-refractivity contribution in [2.24, 2.45) is 0 Å². The van der Waals surface area contributed by atoms with Crippen molar-refractivity contribution < 1.29 is 4.52 Å². The van der Waals surface area contributed by atoms with Gasteiger partial charge in [-0.1, -0.05) is 126 Å². The highest BCUT2D eigenvalue weighted by Gasteiger charge is 1.61. The Morgan fingerprint density at radius 3 is 0.906 bits per heavy atom. The fraction of sp³-hybridized carbons (Fsp3) is 0.143. The van der Waals surface area contributed by atoms with E-state index in [1.165, 1.54) is 6.26 Å². The lowest BCUT2D eigenvalue weighted by Crippen LogP contribution is -1.58. The Labute approximate surface area is 200 Å². The smallest absolute Gasteiger partial charge is 0.123 e. The number of nitrogens with zero attached hydrogens (tertiary/aromatic N) is 2. The van der Waals surface area contributed by atoms with E-state index in [9.17, 15) is 0 Å². The van der Waals surface area contributed by atoms with Crippen LogP contribution in [0.4, 0.5) is 0 Å². The van der Waals surface area contributed by atoms with Crippen molar-refractivity contribution in [1.82, 2.24) is 10.1 Å². The Balaban J connectivity index is -0.000000149. The molecule has 0 aliphatic rings. The minimum absolute atomic E-state index is 0. The molecule has 0 bridgehead atoms. The molecule has 3 heterocycles. The van der Waals surface area contributed by atoms with E-state index in [4.69, 9.17) is 0 Å². The summed E-state index contributed by atoms with van der Waals surface area (Å²) in [6, 6.07) is 35.5. The number of rotatable bonds is 0. The first-order valence-corrected chi connectivity index (χ1v) is 9.61. The van der Waals surface area contributed by atoms with E-state index < -0.39 is 0 Å². The van der Waals surface area contributed by atoms with Crippen molar-refractivity contribution in [3.63, 3.8) is 0 Å². The van der Waals surface area contributed by atoms with Gasteiger partial charge in [0, 0.05) is 12.4 Å². The number of thiophene rings is 1. The summed E-state index contributed by atoms with van der Waals surface area (Å²) in [7, 11) is 0. The third-order valence-corrected chi connectivity index (χ3v) is 3.30. The van der Waals surface area contributed by atoms with Crippen molar-refractivity contribution in [1.29, 1.82) is 0 Å². The molecule has 0 N–H and O–H groups in total. The van der Waals surface area contributed by atoms with E-state index in [0.29, 0.717) is 0 Å². The van der Waals surface area contributed by atoms with Gasteiger partial charge in [0.05, 0.1) is 6.20 Å². The van der Waals surface area contributed by atoms with E-state index in [1.807, 2.05) is 114 Å². The molecule has 0 fully saturated rings. The molecule has 32 heavy (non-hydrogen) atoms. The molecular weight excluding hydrogens is 412 g/mol. The van der Waals surface area contributed by atoms with Gasteiger partial charge in [-0.2, -0.15) is 11.3 Å². The van der Waals surface area contributed by atoms with Gasteiger partial charge in [-0.25, -0.2) is 0 Å². The van der Waals surface area contributed by atoms with Crippen LogP contribution < -0.4 is 0 Å². The molecule has 0 unspecified atom stereocenters. The van der Waals surface area contributed by atoms with Crippen molar-refractivity contribution >= 4 is 11.3 Å². The molecule has 3 aromatic heterocycles. The summed E-state index contributed by atoms with van der Waals surface area (Å²) in [6.07, 6.45) is 6.60. The van der Waals surface area contributed by atoms with E-state index >= 15 is 0 Å². The lowest BCUT2D eigenvalue weighted by atomic mass is 10.4. The minimum atomic E-state index is 0. The summed E-state index contributed by atoms with van der Waals surface area (Å²) in [5, 5.41) is 7.43. The van der Waals surface area contributed by atoms with Gasteiger partial charge in [-0.15, -0.1) is 0 Å². The molecule has 0 aliphatic carbocycles. The highest BCUT2D eigenvalue weighted by molar-refractivity contribution is 7.07. The second kappa shape index (κ2) is 32.2. The van der Waals surface area contributed by atoms with Crippen LogP contribution in [-0.2, 0) is 0 Å². The summed E-state index contributed by atoms with van der Waals surface area (Å²) in [6.45, 7) is 0. The third kappa shape index (κ3) is 28.7. The summed E-state index contributed by atoms with van der Waals surface area (Å²) < 4.78 is 4.33. The zero-order valence-electron chi connectivity index (χ0n) is 15.6. The maximum Gasteiger partial charge on any atom is 0.123 e. The van der Waals surface area contributed by atoms with Gasteiger partial charge < -0.3 is 4.52 Å². The van der Waals surface area contributed by atoms with Crippen molar-refractivity contribution in [3.05, 3.63) is 145 Å². The average molecular weight is 453 g/mol. The summed E-state index contributed by atoms with van der Waals surface area (Å²) in [5.74, 6) is 0. The summed E-state index contributed by atoms with van der Waals surface area (Å²) in [5.41, 5.74) is 0. The fourth-order valence-corrected chi connectivity index (χ4v) is 1.94. The second-order valence-corrected chi connectivity index (χ2v) is 5.63. The molecule has 0 amide bonds. The van der Waals surface area contributed by atoms with Crippen LogP contribution in [0.5, 0.6) is 0 Å². The van der Waals surface area contributed by atoms with Crippen LogP contribution in [0.15, 0.2) is 149 Å². The van der Waals surface area contributed by atoms with Gasteiger partial charge in [-0.05, 0) is 29.0 Å². The number of benzene rings is 2. The van der Waals surface area contributed by atoms with Gasteiger partial charge in [0.2, 0.25) is 0 Å². The Morgan fingerprint density at radius 2 is 0.781 bits per heavy atom. The molecule has 0 saturated carbocycles. The SMILES string of the molecule is C.C.C.C.c1ccccc1.c1ccccc1.c1ccncc1.c1ccsc1.c1cnoc1. The van der Waals surface area contributed by atoms with Gasteiger partial charge >= 0.3 is 0 Å². The average Bonchev–Trinajstić information content (AvgIpc) is 3.58. The predicted molar refractivity (Wildman–Crippen MR) is 145 cm³/mol. The van der Waals surface area contributed by atoms with Gasteiger partial charge in [0.15, 0.2) is 0 Å². The number of pyridine rings is 1. The Hall–Kier alpha value is -3.50. The molecule has 0 aliphatic heterocycles.